The summed E-state index contributed by atoms with van der Waals surface area (Å²) in [6.07, 6.45) is 6.28. The van der Waals surface area contributed by atoms with Crippen LogP contribution in [0, 0.1) is 5.92 Å². The molecule has 0 aliphatic heterocycles. The van der Waals surface area contributed by atoms with Crippen LogP contribution in [-0.4, -0.2) is 27.0 Å². The van der Waals surface area contributed by atoms with Crippen molar-refractivity contribution >= 4 is 10.0 Å². The molecule has 1 aromatic heterocycles. The minimum absolute atomic E-state index is 0.321. The van der Waals surface area contributed by atoms with Crippen molar-refractivity contribution < 1.29 is 8.42 Å². The van der Waals surface area contributed by atoms with Gasteiger partial charge in [-0.3, -0.25) is 0 Å². The normalized spacial score (nSPS) is 16.7. The molecule has 18 heavy (non-hydrogen) atoms. The molecule has 1 aromatic rings. The highest BCUT2D eigenvalue weighted by molar-refractivity contribution is 7.89. The van der Waals surface area contributed by atoms with E-state index in [0.29, 0.717) is 18.0 Å². The topological polar surface area (TPSA) is 74.0 Å². The fraction of sp³-hybridized carbons (Fsp3) is 0.667. The van der Waals surface area contributed by atoms with Gasteiger partial charge in [0.05, 0.1) is 4.90 Å². The first-order valence-corrected chi connectivity index (χ1v) is 7.91. The third-order valence-electron chi connectivity index (χ3n) is 3.46. The standard InChI is InChI=1S/C12H21N3O2S/c1-13-8-11-7-12(9-14-11)18(16,17)15-6-5-10-3-2-4-10/h7,9-10,13-15H,2-6,8H2,1H3. The predicted octanol–water partition coefficient (Wildman–Crippen LogP) is 1.20. The van der Waals surface area contributed by atoms with E-state index in [1.807, 2.05) is 7.05 Å². The first-order valence-electron chi connectivity index (χ1n) is 6.43. The molecule has 0 bridgehead atoms. The Bertz CT molecular complexity index is 477. The van der Waals surface area contributed by atoms with Gasteiger partial charge in [-0.25, -0.2) is 13.1 Å². The minimum Gasteiger partial charge on any atom is -0.363 e. The maximum Gasteiger partial charge on any atom is 0.242 e. The molecule has 1 fully saturated rings. The predicted molar refractivity (Wildman–Crippen MR) is 70.7 cm³/mol. The average Bonchev–Trinajstić information content (AvgIpc) is 2.72. The summed E-state index contributed by atoms with van der Waals surface area (Å²) in [7, 11) is -1.52. The molecule has 2 rings (SSSR count). The second kappa shape index (κ2) is 5.86. The molecule has 6 heteroatoms. The molecule has 0 saturated heterocycles. The number of aromatic amines is 1. The first-order chi connectivity index (χ1) is 8.62. The van der Waals surface area contributed by atoms with Crippen molar-refractivity contribution in [3.63, 3.8) is 0 Å². The van der Waals surface area contributed by atoms with E-state index in [-0.39, 0.29) is 0 Å². The Labute approximate surface area is 108 Å². The number of rotatable bonds is 7. The highest BCUT2D eigenvalue weighted by atomic mass is 32.2. The van der Waals surface area contributed by atoms with Crippen LogP contribution in [0.1, 0.15) is 31.4 Å². The smallest absolute Gasteiger partial charge is 0.242 e. The van der Waals surface area contributed by atoms with Crippen molar-refractivity contribution in [2.75, 3.05) is 13.6 Å². The van der Waals surface area contributed by atoms with Crippen molar-refractivity contribution in [1.82, 2.24) is 15.0 Å². The molecular formula is C12H21N3O2S. The molecule has 0 aromatic carbocycles. The lowest BCUT2D eigenvalue weighted by atomic mass is 9.83. The summed E-state index contributed by atoms with van der Waals surface area (Å²) in [6.45, 7) is 1.18. The first kappa shape index (κ1) is 13.6. The number of sulfonamides is 1. The Hall–Kier alpha value is -0.850. The second-order valence-corrected chi connectivity index (χ2v) is 6.64. The number of nitrogens with one attached hydrogen (secondary N) is 3. The van der Waals surface area contributed by atoms with Crippen molar-refractivity contribution in [3.05, 3.63) is 18.0 Å². The summed E-state index contributed by atoms with van der Waals surface area (Å²) < 4.78 is 26.6. The molecule has 1 aliphatic carbocycles. The van der Waals surface area contributed by atoms with Gasteiger partial charge in [-0.05, 0) is 25.5 Å². The van der Waals surface area contributed by atoms with Gasteiger partial charge < -0.3 is 10.3 Å². The van der Waals surface area contributed by atoms with E-state index in [1.165, 1.54) is 19.3 Å². The Morgan fingerprint density at radius 3 is 2.83 bits per heavy atom. The van der Waals surface area contributed by atoms with Crippen LogP contribution in [0.25, 0.3) is 0 Å². The number of hydrogen-bond acceptors (Lipinski definition) is 3. The van der Waals surface area contributed by atoms with Crippen LogP contribution in [0.3, 0.4) is 0 Å². The van der Waals surface area contributed by atoms with Crippen LogP contribution in [0.5, 0.6) is 0 Å². The van der Waals surface area contributed by atoms with Crippen LogP contribution in [0.2, 0.25) is 0 Å². The maximum absolute atomic E-state index is 12.0. The van der Waals surface area contributed by atoms with E-state index < -0.39 is 10.0 Å². The van der Waals surface area contributed by atoms with E-state index in [1.54, 1.807) is 12.3 Å². The SMILES string of the molecule is CNCc1cc(S(=O)(=O)NCCC2CCC2)c[nH]1. The third kappa shape index (κ3) is 3.34. The Morgan fingerprint density at radius 1 is 1.44 bits per heavy atom. The molecule has 0 unspecified atom stereocenters. The summed E-state index contributed by atoms with van der Waals surface area (Å²) in [4.78, 5) is 3.27. The number of H-pyrrole nitrogens is 1. The van der Waals surface area contributed by atoms with Crippen LogP contribution >= 0.6 is 0 Å². The zero-order valence-corrected chi connectivity index (χ0v) is 11.5. The lowest BCUT2D eigenvalue weighted by Crippen LogP contribution is -2.27. The quantitative estimate of drug-likeness (QED) is 0.697. The van der Waals surface area contributed by atoms with E-state index in [2.05, 4.69) is 15.0 Å². The van der Waals surface area contributed by atoms with Gasteiger partial charge in [0, 0.05) is 25.0 Å². The Morgan fingerprint density at radius 2 is 2.22 bits per heavy atom. The number of hydrogen-bond donors (Lipinski definition) is 3. The molecular weight excluding hydrogens is 250 g/mol. The molecule has 102 valence electrons. The molecule has 1 heterocycles. The van der Waals surface area contributed by atoms with Gasteiger partial charge in [-0.2, -0.15) is 0 Å². The fourth-order valence-corrected chi connectivity index (χ4v) is 3.19. The maximum atomic E-state index is 12.0. The largest absolute Gasteiger partial charge is 0.363 e. The van der Waals surface area contributed by atoms with Gasteiger partial charge >= 0.3 is 0 Å². The molecule has 5 nitrogen and oxygen atoms in total. The monoisotopic (exact) mass is 271 g/mol. The third-order valence-corrected chi connectivity index (χ3v) is 4.90. The fourth-order valence-electron chi connectivity index (χ4n) is 2.13. The van der Waals surface area contributed by atoms with Gasteiger partial charge in [0.2, 0.25) is 10.0 Å². The average molecular weight is 271 g/mol. The molecule has 0 amide bonds. The molecule has 0 radical (unpaired) electrons. The van der Waals surface area contributed by atoms with E-state index in [0.717, 1.165) is 18.0 Å². The molecule has 0 atom stereocenters. The van der Waals surface area contributed by atoms with Gasteiger partial charge in [0.15, 0.2) is 0 Å². The van der Waals surface area contributed by atoms with Crippen molar-refractivity contribution in [3.8, 4) is 0 Å². The molecule has 1 saturated carbocycles. The van der Waals surface area contributed by atoms with Gasteiger partial charge in [0.25, 0.3) is 0 Å². The number of aromatic nitrogens is 1. The van der Waals surface area contributed by atoms with Crippen molar-refractivity contribution in [2.24, 2.45) is 5.92 Å². The van der Waals surface area contributed by atoms with Crippen LogP contribution in [-0.2, 0) is 16.6 Å². The van der Waals surface area contributed by atoms with Crippen molar-refractivity contribution in [2.45, 2.75) is 37.1 Å². The lowest BCUT2D eigenvalue weighted by molar-refractivity contribution is 0.297. The molecule has 0 spiro atoms. The van der Waals surface area contributed by atoms with E-state index in [9.17, 15) is 8.42 Å². The summed E-state index contributed by atoms with van der Waals surface area (Å²) in [6, 6.07) is 1.67. The van der Waals surface area contributed by atoms with E-state index in [4.69, 9.17) is 0 Å². The lowest BCUT2D eigenvalue weighted by Gasteiger charge is -2.24. The van der Waals surface area contributed by atoms with Gasteiger partial charge in [-0.15, -0.1) is 0 Å². The summed E-state index contributed by atoms with van der Waals surface area (Å²) in [5, 5.41) is 2.98. The summed E-state index contributed by atoms with van der Waals surface area (Å²) in [5.41, 5.74) is 0.872. The molecule has 1 aliphatic rings. The van der Waals surface area contributed by atoms with Gasteiger partial charge in [0.1, 0.15) is 0 Å². The summed E-state index contributed by atoms with van der Waals surface area (Å²) >= 11 is 0. The van der Waals surface area contributed by atoms with Gasteiger partial charge in [-0.1, -0.05) is 19.3 Å². The van der Waals surface area contributed by atoms with Crippen molar-refractivity contribution in [1.29, 1.82) is 0 Å². The summed E-state index contributed by atoms with van der Waals surface area (Å²) in [5.74, 6) is 0.721. The minimum atomic E-state index is -3.35. The van der Waals surface area contributed by atoms with E-state index >= 15 is 0 Å². The highest BCUT2D eigenvalue weighted by Crippen LogP contribution is 2.28. The van der Waals surface area contributed by atoms with Crippen LogP contribution < -0.4 is 10.0 Å². The zero-order chi connectivity index (χ0) is 13.0. The van der Waals surface area contributed by atoms with Crippen LogP contribution in [0.15, 0.2) is 17.2 Å². The van der Waals surface area contributed by atoms with Crippen LogP contribution in [0.4, 0.5) is 0 Å². The Kier molecular flexibility index (Phi) is 4.42. The zero-order valence-electron chi connectivity index (χ0n) is 10.7. The highest BCUT2D eigenvalue weighted by Gasteiger charge is 2.19. The second-order valence-electron chi connectivity index (χ2n) is 4.87. The Balaban J connectivity index is 1.87. The molecule has 3 N–H and O–H groups in total.